The minimum Gasteiger partial charge on any atom is -0.396 e. The Hall–Kier alpha value is -1.45. The van der Waals surface area contributed by atoms with Crippen molar-refractivity contribution in [3.8, 4) is 0 Å². The highest BCUT2D eigenvalue weighted by atomic mass is 16.3. The van der Waals surface area contributed by atoms with E-state index in [1.54, 1.807) is 0 Å². The molecule has 2 unspecified atom stereocenters. The van der Waals surface area contributed by atoms with Gasteiger partial charge in [-0.25, -0.2) is 0 Å². The van der Waals surface area contributed by atoms with E-state index in [1.165, 1.54) is 10.9 Å². The molecule has 0 radical (unpaired) electrons. The largest absolute Gasteiger partial charge is 0.396 e. The van der Waals surface area contributed by atoms with Crippen LogP contribution in [0, 0.1) is 5.41 Å². The molecule has 3 rings (SSSR count). The van der Waals surface area contributed by atoms with Crippen LogP contribution in [0.25, 0.3) is 10.9 Å². The summed E-state index contributed by atoms with van der Waals surface area (Å²) in [6.07, 6.45) is 2.82. The molecule has 0 aliphatic heterocycles. The minimum atomic E-state index is -0.0931. The number of pyridine rings is 1. The number of hydrogen-bond acceptors (Lipinski definition) is 3. The first kappa shape index (κ1) is 10.7. The second-order valence-corrected chi connectivity index (χ2v) is 4.90. The van der Waals surface area contributed by atoms with E-state index in [4.69, 9.17) is 5.73 Å². The number of benzene rings is 1. The van der Waals surface area contributed by atoms with E-state index in [9.17, 15) is 5.11 Å². The van der Waals surface area contributed by atoms with E-state index >= 15 is 0 Å². The normalized spacial score (nSPS) is 27.3. The molecule has 3 nitrogen and oxygen atoms in total. The summed E-state index contributed by atoms with van der Waals surface area (Å²) >= 11 is 0. The highest BCUT2D eigenvalue weighted by Crippen LogP contribution is 2.59. The van der Waals surface area contributed by atoms with Gasteiger partial charge in [0.1, 0.15) is 0 Å². The van der Waals surface area contributed by atoms with Crippen molar-refractivity contribution in [3.63, 3.8) is 0 Å². The molecule has 1 aromatic carbocycles. The van der Waals surface area contributed by atoms with Gasteiger partial charge in [0, 0.05) is 23.5 Å². The Morgan fingerprint density at radius 1 is 1.35 bits per heavy atom. The van der Waals surface area contributed by atoms with Crippen LogP contribution in [0.2, 0.25) is 0 Å². The van der Waals surface area contributed by atoms with Gasteiger partial charge >= 0.3 is 0 Å². The molecule has 1 aromatic heterocycles. The first-order valence-corrected chi connectivity index (χ1v) is 5.95. The molecule has 1 aliphatic rings. The maximum absolute atomic E-state index is 9.46. The van der Waals surface area contributed by atoms with Gasteiger partial charge in [-0.2, -0.15) is 0 Å². The third kappa shape index (κ3) is 1.54. The van der Waals surface area contributed by atoms with Gasteiger partial charge in [-0.1, -0.05) is 18.2 Å². The Kier molecular flexibility index (Phi) is 2.38. The number of aliphatic hydroxyl groups is 1. The lowest BCUT2D eigenvalue weighted by Crippen LogP contribution is -2.21. The second-order valence-electron chi connectivity index (χ2n) is 4.90. The number of para-hydroxylation sites is 1. The molecule has 17 heavy (non-hydrogen) atoms. The van der Waals surface area contributed by atoms with Crippen LogP contribution in [0.4, 0.5) is 0 Å². The summed E-state index contributed by atoms with van der Waals surface area (Å²) in [5.41, 5.74) is 7.97. The van der Waals surface area contributed by atoms with Gasteiger partial charge in [-0.15, -0.1) is 0 Å². The average molecular weight is 228 g/mol. The molecule has 2 atom stereocenters. The molecule has 3 heteroatoms. The zero-order valence-corrected chi connectivity index (χ0v) is 9.63. The zero-order chi connectivity index (χ0) is 11.9. The smallest absolute Gasteiger partial charge is 0.0704 e. The molecule has 88 valence electrons. The molecule has 0 bridgehead atoms. The second kappa shape index (κ2) is 3.79. The first-order chi connectivity index (χ1) is 8.30. The topological polar surface area (TPSA) is 59.1 Å². The number of fused-ring (bicyclic) bond motifs is 1. The summed E-state index contributed by atoms with van der Waals surface area (Å²) in [5, 5.41) is 10.6. The van der Waals surface area contributed by atoms with E-state index in [0.717, 1.165) is 11.9 Å². The summed E-state index contributed by atoms with van der Waals surface area (Å²) in [7, 11) is 0. The molecule has 1 saturated carbocycles. The standard InChI is InChI=1S/C14H16N2O/c15-8-14(9-17)7-12(14)10-5-6-16-13-4-2-1-3-11(10)13/h1-6,12,17H,7-9,15H2. The third-order valence-corrected chi connectivity index (χ3v) is 3.97. The molecule has 2 aromatic rings. The Morgan fingerprint density at radius 3 is 2.88 bits per heavy atom. The van der Waals surface area contributed by atoms with Gasteiger partial charge < -0.3 is 10.8 Å². The van der Waals surface area contributed by atoms with Gasteiger partial charge in [-0.05, 0) is 30.0 Å². The number of aliphatic hydroxyl groups excluding tert-OH is 1. The van der Waals surface area contributed by atoms with Gasteiger partial charge in [-0.3, -0.25) is 4.98 Å². The molecule has 3 N–H and O–H groups in total. The lowest BCUT2D eigenvalue weighted by molar-refractivity contribution is 0.212. The quantitative estimate of drug-likeness (QED) is 0.840. The molecule has 1 fully saturated rings. The van der Waals surface area contributed by atoms with Crippen LogP contribution in [0.5, 0.6) is 0 Å². The van der Waals surface area contributed by atoms with Crippen LogP contribution in [-0.4, -0.2) is 23.2 Å². The monoisotopic (exact) mass is 228 g/mol. The van der Waals surface area contributed by atoms with Crippen LogP contribution in [0.15, 0.2) is 36.5 Å². The fraction of sp³-hybridized carbons (Fsp3) is 0.357. The van der Waals surface area contributed by atoms with Crippen LogP contribution >= 0.6 is 0 Å². The number of hydrogen-bond donors (Lipinski definition) is 2. The van der Waals surface area contributed by atoms with Crippen LogP contribution in [0.1, 0.15) is 17.9 Å². The van der Waals surface area contributed by atoms with Crippen molar-refractivity contribution in [3.05, 3.63) is 42.1 Å². The summed E-state index contributed by atoms with van der Waals surface area (Å²) in [4.78, 5) is 4.36. The van der Waals surface area contributed by atoms with Crippen molar-refractivity contribution in [1.29, 1.82) is 0 Å². The van der Waals surface area contributed by atoms with Crippen molar-refractivity contribution in [2.75, 3.05) is 13.2 Å². The van der Waals surface area contributed by atoms with Crippen molar-refractivity contribution in [2.45, 2.75) is 12.3 Å². The highest BCUT2D eigenvalue weighted by Gasteiger charge is 2.53. The molecule has 0 amide bonds. The van der Waals surface area contributed by atoms with Crippen LogP contribution < -0.4 is 5.73 Å². The van der Waals surface area contributed by atoms with Gasteiger partial charge in [0.05, 0.1) is 12.1 Å². The van der Waals surface area contributed by atoms with Crippen molar-refractivity contribution in [2.24, 2.45) is 11.1 Å². The number of aromatic nitrogens is 1. The Bertz CT molecular complexity index is 543. The Balaban J connectivity index is 2.08. The van der Waals surface area contributed by atoms with E-state index < -0.39 is 0 Å². The van der Waals surface area contributed by atoms with Gasteiger partial charge in [0.2, 0.25) is 0 Å². The van der Waals surface area contributed by atoms with Crippen molar-refractivity contribution >= 4 is 10.9 Å². The molecule has 1 heterocycles. The van der Waals surface area contributed by atoms with Crippen molar-refractivity contribution in [1.82, 2.24) is 4.98 Å². The Morgan fingerprint density at radius 2 is 2.18 bits per heavy atom. The zero-order valence-electron chi connectivity index (χ0n) is 9.63. The van der Waals surface area contributed by atoms with Crippen LogP contribution in [0.3, 0.4) is 0 Å². The maximum Gasteiger partial charge on any atom is 0.0704 e. The van der Waals surface area contributed by atoms with Crippen molar-refractivity contribution < 1.29 is 5.11 Å². The van der Waals surface area contributed by atoms with E-state index in [1.807, 2.05) is 24.4 Å². The molecular formula is C14H16N2O. The van der Waals surface area contributed by atoms with Crippen LogP contribution in [-0.2, 0) is 0 Å². The minimum absolute atomic E-state index is 0.0931. The van der Waals surface area contributed by atoms with E-state index in [2.05, 4.69) is 17.1 Å². The number of rotatable bonds is 3. The third-order valence-electron chi connectivity index (χ3n) is 3.97. The lowest BCUT2D eigenvalue weighted by Gasteiger charge is -2.12. The number of nitrogens with zero attached hydrogens (tertiary/aromatic N) is 1. The predicted octanol–water partition coefficient (Wildman–Crippen LogP) is 1.66. The van der Waals surface area contributed by atoms with E-state index in [0.29, 0.717) is 12.5 Å². The molecular weight excluding hydrogens is 212 g/mol. The lowest BCUT2D eigenvalue weighted by atomic mass is 9.97. The predicted molar refractivity (Wildman–Crippen MR) is 67.7 cm³/mol. The van der Waals surface area contributed by atoms with Gasteiger partial charge in [0.15, 0.2) is 0 Å². The maximum atomic E-state index is 9.46. The molecule has 0 spiro atoms. The summed E-state index contributed by atoms with van der Waals surface area (Å²) in [5.74, 6) is 0.380. The fourth-order valence-electron chi connectivity index (χ4n) is 2.67. The number of nitrogens with two attached hydrogens (primary N) is 1. The summed E-state index contributed by atoms with van der Waals surface area (Å²) < 4.78 is 0. The Labute approximate surface area is 100 Å². The SMILES string of the molecule is NCC1(CO)CC1c1ccnc2ccccc12. The average Bonchev–Trinajstić information content (AvgIpc) is 3.13. The van der Waals surface area contributed by atoms with Gasteiger partial charge in [0.25, 0.3) is 0 Å². The molecule has 0 saturated heterocycles. The van der Waals surface area contributed by atoms with E-state index in [-0.39, 0.29) is 12.0 Å². The highest BCUT2D eigenvalue weighted by molar-refractivity contribution is 5.83. The first-order valence-electron chi connectivity index (χ1n) is 5.95. The summed E-state index contributed by atoms with van der Waals surface area (Å²) in [6.45, 7) is 0.718. The fourth-order valence-corrected chi connectivity index (χ4v) is 2.67. The molecule has 1 aliphatic carbocycles. The summed E-state index contributed by atoms with van der Waals surface area (Å²) in [6, 6.07) is 10.2.